The summed E-state index contributed by atoms with van der Waals surface area (Å²) >= 11 is 2.52. The lowest BCUT2D eigenvalue weighted by Gasteiger charge is -2.13. The van der Waals surface area contributed by atoms with E-state index < -0.39 is 5.97 Å². The Hall–Kier alpha value is -1.84. The molecule has 0 bridgehead atoms. The Bertz CT molecular complexity index is 695. The number of likely N-dealkylation sites (N-methyl/N-ethyl adjacent to an activating group) is 1. The Morgan fingerprint density at radius 2 is 2.09 bits per heavy atom. The van der Waals surface area contributed by atoms with Crippen molar-refractivity contribution in [1.29, 1.82) is 0 Å². The van der Waals surface area contributed by atoms with Crippen LogP contribution < -0.4 is 5.32 Å². The van der Waals surface area contributed by atoms with E-state index >= 15 is 0 Å². The zero-order valence-corrected chi connectivity index (χ0v) is 14.0. The molecular weight excluding hydrogens is 324 g/mol. The van der Waals surface area contributed by atoms with E-state index in [9.17, 15) is 9.59 Å². The number of aromatic carboxylic acids is 1. The van der Waals surface area contributed by atoms with Gasteiger partial charge in [-0.2, -0.15) is 0 Å². The molecule has 0 aliphatic rings. The standard InChI is InChI=1S/C13H16N4O3S2/c1-7-6-21-10(14-7)5-17(3)4-9(18)16-13-15-8(2)11(22-13)12(19)20/h6H,4-5H2,1-3H3,(H,19,20)(H,15,16,18). The average Bonchev–Trinajstić information content (AvgIpc) is 2.95. The van der Waals surface area contributed by atoms with Crippen LogP contribution in [0.15, 0.2) is 5.38 Å². The van der Waals surface area contributed by atoms with Gasteiger partial charge >= 0.3 is 5.97 Å². The van der Waals surface area contributed by atoms with Gasteiger partial charge in [0.1, 0.15) is 9.88 Å². The van der Waals surface area contributed by atoms with E-state index in [1.165, 1.54) is 0 Å². The molecular formula is C13H16N4O3S2. The molecule has 118 valence electrons. The summed E-state index contributed by atoms with van der Waals surface area (Å²) in [6.07, 6.45) is 0. The number of carboxylic acid groups (broad SMARTS) is 1. The molecule has 2 aromatic heterocycles. The van der Waals surface area contributed by atoms with Crippen molar-refractivity contribution >= 4 is 39.7 Å². The molecule has 0 aliphatic heterocycles. The molecule has 0 unspecified atom stereocenters. The van der Waals surface area contributed by atoms with Crippen LogP contribution in [0.25, 0.3) is 0 Å². The lowest BCUT2D eigenvalue weighted by atomic mass is 10.4. The van der Waals surface area contributed by atoms with E-state index in [0.717, 1.165) is 22.0 Å². The molecule has 1 amide bonds. The molecule has 0 radical (unpaired) electrons. The van der Waals surface area contributed by atoms with Crippen molar-refractivity contribution < 1.29 is 14.7 Å². The third-order valence-corrected chi connectivity index (χ3v) is 4.73. The Kier molecular flexibility index (Phi) is 5.22. The molecule has 7 nitrogen and oxygen atoms in total. The monoisotopic (exact) mass is 340 g/mol. The van der Waals surface area contributed by atoms with Gasteiger partial charge in [0.2, 0.25) is 5.91 Å². The lowest BCUT2D eigenvalue weighted by molar-refractivity contribution is -0.117. The molecule has 2 N–H and O–H groups in total. The molecule has 0 aromatic carbocycles. The van der Waals surface area contributed by atoms with E-state index in [1.807, 2.05) is 24.3 Å². The van der Waals surface area contributed by atoms with Crippen LogP contribution in [0.3, 0.4) is 0 Å². The molecule has 0 fully saturated rings. The molecule has 9 heteroatoms. The second-order valence-corrected chi connectivity index (χ2v) is 6.78. The van der Waals surface area contributed by atoms with Crippen molar-refractivity contribution in [3.8, 4) is 0 Å². The molecule has 2 rings (SSSR count). The predicted molar refractivity (Wildman–Crippen MR) is 85.6 cm³/mol. The zero-order chi connectivity index (χ0) is 16.3. The van der Waals surface area contributed by atoms with Crippen LogP contribution in [0, 0.1) is 13.8 Å². The van der Waals surface area contributed by atoms with Crippen LogP contribution in [-0.2, 0) is 11.3 Å². The van der Waals surface area contributed by atoms with Gasteiger partial charge in [-0.15, -0.1) is 11.3 Å². The smallest absolute Gasteiger partial charge is 0.347 e. The maximum absolute atomic E-state index is 12.0. The van der Waals surface area contributed by atoms with E-state index in [1.54, 1.807) is 18.3 Å². The Balaban J connectivity index is 1.89. The third kappa shape index (κ3) is 4.33. The van der Waals surface area contributed by atoms with Gasteiger partial charge < -0.3 is 10.4 Å². The highest BCUT2D eigenvalue weighted by Gasteiger charge is 2.16. The van der Waals surface area contributed by atoms with Crippen molar-refractivity contribution in [3.05, 3.63) is 26.7 Å². The number of carboxylic acids is 1. The van der Waals surface area contributed by atoms with Crippen molar-refractivity contribution in [2.75, 3.05) is 18.9 Å². The number of carbonyl (C=O) groups is 2. The Labute approximate surface area is 135 Å². The number of nitrogens with zero attached hydrogens (tertiary/aromatic N) is 3. The summed E-state index contributed by atoms with van der Waals surface area (Å²) in [5, 5.41) is 14.8. The van der Waals surface area contributed by atoms with Crippen molar-refractivity contribution in [3.63, 3.8) is 0 Å². The van der Waals surface area contributed by atoms with Crippen LogP contribution in [0.5, 0.6) is 0 Å². The zero-order valence-electron chi connectivity index (χ0n) is 12.4. The van der Waals surface area contributed by atoms with Gasteiger partial charge in [-0.25, -0.2) is 14.8 Å². The molecule has 2 aromatic rings. The molecule has 0 aliphatic carbocycles. The largest absolute Gasteiger partial charge is 0.477 e. The normalized spacial score (nSPS) is 10.9. The van der Waals surface area contributed by atoms with Gasteiger partial charge in [-0.05, 0) is 20.9 Å². The van der Waals surface area contributed by atoms with Gasteiger partial charge in [0.25, 0.3) is 0 Å². The Morgan fingerprint density at radius 1 is 1.36 bits per heavy atom. The molecule has 0 spiro atoms. The first-order valence-electron chi connectivity index (χ1n) is 6.45. The number of aromatic nitrogens is 2. The molecule has 2 heterocycles. The second-order valence-electron chi connectivity index (χ2n) is 4.84. The number of carbonyl (C=O) groups excluding carboxylic acids is 1. The first-order valence-corrected chi connectivity index (χ1v) is 8.15. The molecule has 0 saturated carbocycles. The summed E-state index contributed by atoms with van der Waals surface area (Å²) in [5.41, 5.74) is 1.37. The quantitative estimate of drug-likeness (QED) is 0.835. The highest BCUT2D eigenvalue weighted by molar-refractivity contribution is 7.17. The van der Waals surface area contributed by atoms with Crippen molar-refractivity contribution in [2.45, 2.75) is 20.4 Å². The number of aryl methyl sites for hydroxylation is 2. The maximum Gasteiger partial charge on any atom is 0.347 e. The van der Waals surface area contributed by atoms with Gasteiger partial charge in [-0.1, -0.05) is 11.3 Å². The fourth-order valence-electron chi connectivity index (χ4n) is 1.81. The highest BCUT2D eigenvalue weighted by atomic mass is 32.1. The number of anilines is 1. The van der Waals surface area contributed by atoms with E-state index in [4.69, 9.17) is 5.11 Å². The summed E-state index contributed by atoms with van der Waals surface area (Å²) in [6.45, 7) is 4.30. The van der Waals surface area contributed by atoms with E-state index in [0.29, 0.717) is 17.4 Å². The lowest BCUT2D eigenvalue weighted by Crippen LogP contribution is -2.29. The van der Waals surface area contributed by atoms with E-state index in [2.05, 4.69) is 15.3 Å². The summed E-state index contributed by atoms with van der Waals surface area (Å²) in [4.78, 5) is 33.3. The number of hydrogen-bond acceptors (Lipinski definition) is 7. The fraction of sp³-hybridized carbons (Fsp3) is 0.385. The number of nitrogens with one attached hydrogen (secondary N) is 1. The van der Waals surface area contributed by atoms with Crippen molar-refractivity contribution in [2.24, 2.45) is 0 Å². The van der Waals surface area contributed by atoms with Crippen LogP contribution in [0.4, 0.5) is 5.13 Å². The van der Waals surface area contributed by atoms with Crippen molar-refractivity contribution in [1.82, 2.24) is 14.9 Å². The van der Waals surface area contributed by atoms with Gasteiger partial charge in [0, 0.05) is 11.1 Å². The van der Waals surface area contributed by atoms with Crippen LogP contribution in [0.2, 0.25) is 0 Å². The molecule has 22 heavy (non-hydrogen) atoms. The number of hydrogen-bond donors (Lipinski definition) is 2. The SMILES string of the molecule is Cc1csc(CN(C)CC(=O)Nc2nc(C)c(C(=O)O)s2)n1. The van der Waals surface area contributed by atoms with Gasteiger partial charge in [0.15, 0.2) is 5.13 Å². The second kappa shape index (κ2) is 6.95. The topological polar surface area (TPSA) is 95.4 Å². The summed E-state index contributed by atoms with van der Waals surface area (Å²) < 4.78 is 0. The van der Waals surface area contributed by atoms with Crippen LogP contribution in [-0.4, -0.2) is 45.4 Å². The Morgan fingerprint density at radius 3 is 2.64 bits per heavy atom. The minimum Gasteiger partial charge on any atom is -0.477 e. The first-order chi connectivity index (χ1) is 10.3. The molecule has 0 atom stereocenters. The average molecular weight is 340 g/mol. The minimum atomic E-state index is -1.04. The highest BCUT2D eigenvalue weighted by Crippen LogP contribution is 2.22. The minimum absolute atomic E-state index is 0.141. The number of rotatable bonds is 6. The number of thiazole rings is 2. The summed E-state index contributed by atoms with van der Waals surface area (Å²) in [7, 11) is 1.83. The van der Waals surface area contributed by atoms with Gasteiger partial charge in [-0.3, -0.25) is 9.69 Å². The van der Waals surface area contributed by atoms with Crippen LogP contribution in [0.1, 0.15) is 26.1 Å². The number of amides is 1. The maximum atomic E-state index is 12.0. The third-order valence-electron chi connectivity index (χ3n) is 2.72. The van der Waals surface area contributed by atoms with E-state index in [-0.39, 0.29) is 17.3 Å². The van der Waals surface area contributed by atoms with Gasteiger partial charge in [0.05, 0.1) is 18.8 Å². The first kappa shape index (κ1) is 16.5. The summed E-state index contributed by atoms with van der Waals surface area (Å²) in [6, 6.07) is 0. The molecule has 0 saturated heterocycles. The predicted octanol–water partition coefficient (Wildman–Crippen LogP) is 1.99. The fourth-order valence-corrected chi connectivity index (χ4v) is 3.49. The summed E-state index contributed by atoms with van der Waals surface area (Å²) in [5.74, 6) is -1.27. The van der Waals surface area contributed by atoms with Crippen LogP contribution >= 0.6 is 22.7 Å².